The molecule has 0 aliphatic rings. The maximum Gasteiger partial charge on any atom is 0.433 e. The van der Waals surface area contributed by atoms with E-state index in [0.29, 0.717) is 16.1 Å². The average Bonchev–Trinajstić information content (AvgIpc) is 2.62. The maximum absolute atomic E-state index is 12.8. The van der Waals surface area contributed by atoms with Crippen molar-refractivity contribution in [2.24, 2.45) is 0 Å². The monoisotopic (exact) mass is 382 g/mol. The highest BCUT2D eigenvalue weighted by molar-refractivity contribution is 6.33. The topological polar surface area (TPSA) is 25.8 Å². The van der Waals surface area contributed by atoms with E-state index in [1.165, 1.54) is 0 Å². The zero-order valence-corrected chi connectivity index (χ0v) is 14.1. The second kappa shape index (κ2) is 7.02. The molecule has 3 aromatic rings. The van der Waals surface area contributed by atoms with Crippen LogP contribution in [0.3, 0.4) is 0 Å². The fourth-order valence-electron chi connectivity index (χ4n) is 2.33. The number of rotatable bonds is 3. The van der Waals surface area contributed by atoms with Gasteiger partial charge in [0.2, 0.25) is 0 Å². The third-order valence-electron chi connectivity index (χ3n) is 3.57. The average molecular weight is 383 g/mol. The number of nitrogens with zero attached hydrogens (tertiary/aromatic N) is 2. The van der Waals surface area contributed by atoms with Gasteiger partial charge in [0.25, 0.3) is 0 Å². The predicted octanol–water partition coefficient (Wildman–Crippen LogP) is 6.14. The summed E-state index contributed by atoms with van der Waals surface area (Å²) in [6.07, 6.45) is -3.46. The normalized spacial score (nSPS) is 12.8. The van der Waals surface area contributed by atoms with Gasteiger partial charge in [-0.15, -0.1) is 11.6 Å². The van der Waals surface area contributed by atoms with Crippen LogP contribution in [0, 0.1) is 0 Å². The molecule has 0 radical (unpaired) electrons. The number of hydrogen-bond acceptors (Lipinski definition) is 2. The third-order valence-corrected chi connectivity index (χ3v) is 4.40. The molecule has 7 heteroatoms. The number of aromatic nitrogens is 2. The van der Waals surface area contributed by atoms with Crippen molar-refractivity contribution >= 4 is 23.2 Å². The molecule has 0 amide bonds. The molecule has 0 saturated heterocycles. The molecule has 3 rings (SSSR count). The molecule has 0 aliphatic carbocycles. The smallest absolute Gasteiger partial charge is 0.237 e. The zero-order chi connectivity index (χ0) is 18.0. The summed E-state index contributed by atoms with van der Waals surface area (Å²) >= 11 is 12.7. The van der Waals surface area contributed by atoms with E-state index in [1.54, 1.807) is 18.2 Å². The van der Waals surface area contributed by atoms with Crippen LogP contribution in [0.1, 0.15) is 22.2 Å². The van der Waals surface area contributed by atoms with Crippen LogP contribution in [0.4, 0.5) is 13.2 Å². The van der Waals surface area contributed by atoms with Crippen molar-refractivity contribution in [2.75, 3.05) is 0 Å². The van der Waals surface area contributed by atoms with Gasteiger partial charge in [-0.3, -0.25) is 0 Å². The molecule has 0 saturated carbocycles. The summed E-state index contributed by atoms with van der Waals surface area (Å²) in [6.45, 7) is 0. The molecular weight excluding hydrogens is 372 g/mol. The molecular formula is C18H11Cl2F3N2. The second-order valence-electron chi connectivity index (χ2n) is 5.27. The van der Waals surface area contributed by atoms with E-state index in [4.69, 9.17) is 23.2 Å². The van der Waals surface area contributed by atoms with Gasteiger partial charge >= 0.3 is 6.18 Å². The molecule has 0 N–H and O–H groups in total. The summed E-state index contributed by atoms with van der Waals surface area (Å²) in [5, 5.41) is -0.126. The van der Waals surface area contributed by atoms with Crippen molar-refractivity contribution in [1.29, 1.82) is 0 Å². The van der Waals surface area contributed by atoms with Crippen LogP contribution in [0.25, 0.3) is 11.4 Å². The van der Waals surface area contributed by atoms with Crippen LogP contribution in [0.5, 0.6) is 0 Å². The maximum atomic E-state index is 12.8. The molecule has 1 unspecified atom stereocenters. The Labute approximate surface area is 152 Å². The summed E-state index contributed by atoms with van der Waals surface area (Å²) in [6, 6.07) is 14.8. The molecule has 2 aromatic carbocycles. The minimum Gasteiger partial charge on any atom is -0.237 e. The first kappa shape index (κ1) is 17.7. The summed E-state index contributed by atoms with van der Waals surface area (Å²) in [7, 11) is 0. The highest BCUT2D eigenvalue weighted by Gasteiger charge is 2.32. The van der Waals surface area contributed by atoms with Gasteiger partial charge in [-0.05, 0) is 35.4 Å². The van der Waals surface area contributed by atoms with E-state index in [2.05, 4.69) is 9.97 Å². The van der Waals surface area contributed by atoms with Gasteiger partial charge in [0, 0.05) is 16.8 Å². The lowest BCUT2D eigenvalue weighted by Gasteiger charge is -2.14. The van der Waals surface area contributed by atoms with E-state index >= 15 is 0 Å². The van der Waals surface area contributed by atoms with Crippen molar-refractivity contribution in [3.05, 3.63) is 82.6 Å². The summed E-state index contributed by atoms with van der Waals surface area (Å²) in [5.74, 6) is -0.0373. The van der Waals surface area contributed by atoms with Crippen LogP contribution in [0.15, 0.2) is 60.8 Å². The largest absolute Gasteiger partial charge is 0.433 e. The van der Waals surface area contributed by atoms with E-state index in [-0.39, 0.29) is 5.82 Å². The molecule has 0 fully saturated rings. The lowest BCUT2D eigenvalue weighted by atomic mass is 10.0. The molecule has 0 bridgehead atoms. The fraction of sp³-hybridized carbons (Fsp3) is 0.111. The van der Waals surface area contributed by atoms with Crippen molar-refractivity contribution in [3.8, 4) is 11.4 Å². The number of hydrogen-bond donors (Lipinski definition) is 0. The van der Waals surface area contributed by atoms with Gasteiger partial charge in [-0.25, -0.2) is 9.97 Å². The van der Waals surface area contributed by atoms with Crippen LogP contribution >= 0.6 is 23.2 Å². The molecule has 25 heavy (non-hydrogen) atoms. The third kappa shape index (κ3) is 3.94. The molecule has 0 aliphatic heterocycles. The van der Waals surface area contributed by atoms with Gasteiger partial charge < -0.3 is 0 Å². The number of halogens is 5. The number of alkyl halides is 4. The first-order chi connectivity index (χ1) is 11.9. The van der Waals surface area contributed by atoms with Gasteiger partial charge in [-0.2, -0.15) is 13.2 Å². The molecule has 0 spiro atoms. The Kier molecular flexibility index (Phi) is 4.97. The van der Waals surface area contributed by atoms with Gasteiger partial charge in [-0.1, -0.05) is 41.9 Å². The van der Waals surface area contributed by atoms with Crippen LogP contribution in [-0.2, 0) is 6.18 Å². The Morgan fingerprint density at radius 1 is 0.960 bits per heavy atom. The Morgan fingerprint density at radius 3 is 2.36 bits per heavy atom. The Morgan fingerprint density at radius 2 is 1.68 bits per heavy atom. The van der Waals surface area contributed by atoms with Gasteiger partial charge in [0.05, 0.1) is 5.38 Å². The standard InChI is InChI=1S/C18H11Cl2F3N2/c19-14-7-6-12(17-24-9-8-15(25-17)18(21,22)23)10-13(14)16(20)11-4-2-1-3-5-11/h1-10,16H. The van der Waals surface area contributed by atoms with Gasteiger partial charge in [0.15, 0.2) is 5.82 Å². The number of benzene rings is 2. The highest BCUT2D eigenvalue weighted by Crippen LogP contribution is 2.36. The lowest BCUT2D eigenvalue weighted by Crippen LogP contribution is -2.09. The van der Waals surface area contributed by atoms with Crippen LogP contribution < -0.4 is 0 Å². The second-order valence-corrected chi connectivity index (χ2v) is 6.12. The minimum atomic E-state index is -4.54. The summed E-state index contributed by atoms with van der Waals surface area (Å²) in [4.78, 5) is 7.52. The van der Waals surface area contributed by atoms with Crippen molar-refractivity contribution in [3.63, 3.8) is 0 Å². The highest BCUT2D eigenvalue weighted by atomic mass is 35.5. The first-order valence-corrected chi connectivity index (χ1v) is 8.07. The molecule has 1 atom stereocenters. The molecule has 1 heterocycles. The summed E-state index contributed by atoms with van der Waals surface area (Å²) < 4.78 is 38.5. The van der Waals surface area contributed by atoms with Crippen LogP contribution in [0.2, 0.25) is 5.02 Å². The van der Waals surface area contributed by atoms with Crippen molar-refractivity contribution in [1.82, 2.24) is 9.97 Å². The Balaban J connectivity index is 2.03. The Hall–Kier alpha value is -2.11. The SMILES string of the molecule is FC(F)(F)c1ccnc(-c2ccc(Cl)c(C(Cl)c3ccccc3)c2)n1. The van der Waals surface area contributed by atoms with Crippen molar-refractivity contribution in [2.45, 2.75) is 11.6 Å². The van der Waals surface area contributed by atoms with Crippen LogP contribution in [-0.4, -0.2) is 9.97 Å². The van der Waals surface area contributed by atoms with Crippen molar-refractivity contribution < 1.29 is 13.2 Å². The van der Waals surface area contributed by atoms with E-state index in [9.17, 15) is 13.2 Å². The Bertz CT molecular complexity index is 883. The molecule has 2 nitrogen and oxygen atoms in total. The molecule has 1 aromatic heterocycles. The first-order valence-electron chi connectivity index (χ1n) is 7.25. The zero-order valence-electron chi connectivity index (χ0n) is 12.6. The molecule has 128 valence electrons. The van der Waals surface area contributed by atoms with E-state index in [0.717, 1.165) is 17.8 Å². The quantitative estimate of drug-likeness (QED) is 0.508. The van der Waals surface area contributed by atoms with E-state index < -0.39 is 17.2 Å². The van der Waals surface area contributed by atoms with E-state index in [1.807, 2.05) is 30.3 Å². The summed E-state index contributed by atoms with van der Waals surface area (Å²) in [5.41, 5.74) is 0.813. The predicted molar refractivity (Wildman–Crippen MR) is 91.6 cm³/mol. The fourth-order valence-corrected chi connectivity index (χ4v) is 2.94. The minimum absolute atomic E-state index is 0.0373. The van der Waals surface area contributed by atoms with Gasteiger partial charge in [0.1, 0.15) is 5.69 Å². The lowest BCUT2D eigenvalue weighted by molar-refractivity contribution is -0.141.